The van der Waals surface area contributed by atoms with Gasteiger partial charge < -0.3 is 15.1 Å². The molecule has 136 valence electrons. The Morgan fingerprint density at radius 3 is 2.88 bits per heavy atom. The van der Waals surface area contributed by atoms with Gasteiger partial charge in [-0.1, -0.05) is 0 Å². The molecule has 0 aromatic carbocycles. The zero-order valence-electron chi connectivity index (χ0n) is 15.3. The van der Waals surface area contributed by atoms with Crippen molar-refractivity contribution in [2.75, 3.05) is 38.6 Å². The van der Waals surface area contributed by atoms with Gasteiger partial charge in [0.05, 0.1) is 11.9 Å². The zero-order chi connectivity index (χ0) is 17.6. The highest BCUT2D eigenvalue weighted by molar-refractivity contribution is 7.13. The van der Waals surface area contributed by atoms with Crippen LogP contribution in [0.4, 0.5) is 5.13 Å². The van der Waals surface area contributed by atoms with Crippen LogP contribution < -0.4 is 10.2 Å². The summed E-state index contributed by atoms with van der Waals surface area (Å²) in [6, 6.07) is 0. The summed E-state index contributed by atoms with van der Waals surface area (Å²) >= 11 is 1.76. The molecule has 3 rings (SSSR count). The molecule has 1 aliphatic heterocycles. The minimum Gasteiger partial charge on any atom is -0.356 e. The van der Waals surface area contributed by atoms with E-state index in [0.29, 0.717) is 0 Å². The molecule has 0 radical (unpaired) electrons. The number of anilines is 1. The van der Waals surface area contributed by atoms with Crippen LogP contribution in [0.3, 0.4) is 0 Å². The van der Waals surface area contributed by atoms with Crippen molar-refractivity contribution >= 4 is 22.4 Å². The van der Waals surface area contributed by atoms with Gasteiger partial charge >= 0.3 is 0 Å². The highest BCUT2D eigenvalue weighted by Gasteiger charge is 2.15. The summed E-state index contributed by atoms with van der Waals surface area (Å²) in [4.78, 5) is 13.6. The molecule has 0 bridgehead atoms. The first-order valence-electron chi connectivity index (χ1n) is 8.74. The van der Waals surface area contributed by atoms with Gasteiger partial charge in [-0.05, 0) is 12.8 Å². The van der Waals surface area contributed by atoms with Gasteiger partial charge in [0, 0.05) is 70.9 Å². The molecule has 1 N–H and O–H groups in total. The van der Waals surface area contributed by atoms with E-state index in [1.165, 1.54) is 23.5 Å². The Morgan fingerprint density at radius 1 is 1.40 bits per heavy atom. The van der Waals surface area contributed by atoms with Gasteiger partial charge in [0.1, 0.15) is 0 Å². The first-order valence-corrected chi connectivity index (χ1v) is 9.62. The van der Waals surface area contributed by atoms with Crippen LogP contribution in [-0.2, 0) is 20.0 Å². The lowest BCUT2D eigenvalue weighted by Gasteiger charge is -2.21. The van der Waals surface area contributed by atoms with Crippen molar-refractivity contribution in [3.05, 3.63) is 29.0 Å². The Balaban J connectivity index is 1.46. The van der Waals surface area contributed by atoms with Crippen LogP contribution in [0.25, 0.3) is 0 Å². The van der Waals surface area contributed by atoms with E-state index in [0.717, 1.165) is 44.3 Å². The van der Waals surface area contributed by atoms with E-state index in [2.05, 4.69) is 30.6 Å². The lowest BCUT2D eigenvalue weighted by Crippen LogP contribution is -2.39. The monoisotopic (exact) mass is 361 g/mol. The van der Waals surface area contributed by atoms with Crippen molar-refractivity contribution in [2.45, 2.75) is 25.8 Å². The number of guanidine groups is 1. The third-order valence-electron chi connectivity index (χ3n) is 4.33. The fraction of sp³-hybridized carbons (Fsp3) is 0.588. The number of aryl methyl sites for hydroxylation is 1. The topological polar surface area (TPSA) is 61.6 Å². The van der Waals surface area contributed by atoms with E-state index < -0.39 is 0 Å². The summed E-state index contributed by atoms with van der Waals surface area (Å²) in [5.74, 6) is 0.888. The molecular weight excluding hydrogens is 334 g/mol. The quantitative estimate of drug-likeness (QED) is 0.627. The zero-order valence-corrected chi connectivity index (χ0v) is 16.1. The Kier molecular flexibility index (Phi) is 5.91. The lowest BCUT2D eigenvalue weighted by molar-refractivity contribution is 0.477. The van der Waals surface area contributed by atoms with Gasteiger partial charge in [0.2, 0.25) is 0 Å². The van der Waals surface area contributed by atoms with Crippen molar-refractivity contribution in [3.8, 4) is 0 Å². The SMILES string of the molecule is CN=C(NCCc1csc(N2CCCC2)n1)N(C)Cc1cnn(C)c1. The Morgan fingerprint density at radius 2 is 2.20 bits per heavy atom. The molecule has 0 amide bonds. The van der Waals surface area contributed by atoms with Gasteiger partial charge in [-0.15, -0.1) is 11.3 Å². The van der Waals surface area contributed by atoms with Crippen LogP contribution in [0.5, 0.6) is 0 Å². The molecule has 1 saturated heterocycles. The molecule has 2 aromatic rings. The number of nitrogens with one attached hydrogen (secondary N) is 1. The summed E-state index contributed by atoms with van der Waals surface area (Å²) < 4.78 is 1.82. The van der Waals surface area contributed by atoms with Gasteiger partial charge in [0.25, 0.3) is 0 Å². The number of thiazole rings is 1. The number of rotatable bonds is 6. The molecule has 7 nitrogen and oxygen atoms in total. The minimum atomic E-state index is 0.781. The van der Waals surface area contributed by atoms with Gasteiger partial charge in [-0.25, -0.2) is 4.98 Å². The van der Waals surface area contributed by atoms with E-state index in [-0.39, 0.29) is 0 Å². The maximum absolute atomic E-state index is 4.77. The molecule has 1 fully saturated rings. The summed E-state index contributed by atoms with van der Waals surface area (Å²) in [6.45, 7) is 3.91. The van der Waals surface area contributed by atoms with Crippen LogP contribution in [0.2, 0.25) is 0 Å². The summed E-state index contributed by atoms with van der Waals surface area (Å²) in [7, 11) is 5.79. The number of aromatic nitrogens is 3. The van der Waals surface area contributed by atoms with E-state index >= 15 is 0 Å². The van der Waals surface area contributed by atoms with Gasteiger partial charge in [0.15, 0.2) is 11.1 Å². The van der Waals surface area contributed by atoms with Crippen LogP contribution in [-0.4, -0.2) is 59.4 Å². The van der Waals surface area contributed by atoms with E-state index in [1.54, 1.807) is 11.3 Å². The molecule has 3 heterocycles. The van der Waals surface area contributed by atoms with E-state index in [1.807, 2.05) is 38.2 Å². The van der Waals surface area contributed by atoms with Crippen molar-refractivity contribution in [1.29, 1.82) is 0 Å². The van der Waals surface area contributed by atoms with Crippen molar-refractivity contribution in [3.63, 3.8) is 0 Å². The van der Waals surface area contributed by atoms with Crippen molar-refractivity contribution in [1.82, 2.24) is 25.0 Å². The minimum absolute atomic E-state index is 0.781. The van der Waals surface area contributed by atoms with Crippen LogP contribution >= 0.6 is 11.3 Å². The van der Waals surface area contributed by atoms with Crippen molar-refractivity contribution < 1.29 is 0 Å². The molecule has 0 spiro atoms. The standard InChI is InChI=1S/C17H27N7S/c1-18-16(22(2)11-14-10-20-23(3)12-14)19-7-6-15-13-25-17(21-15)24-8-4-5-9-24/h10,12-13H,4-9,11H2,1-3H3,(H,18,19). The summed E-state index contributed by atoms with van der Waals surface area (Å²) in [5.41, 5.74) is 2.33. The third-order valence-corrected chi connectivity index (χ3v) is 5.28. The highest BCUT2D eigenvalue weighted by atomic mass is 32.1. The average molecular weight is 362 g/mol. The number of hydrogen-bond acceptors (Lipinski definition) is 5. The molecule has 8 heteroatoms. The molecular formula is C17H27N7S. The molecule has 0 unspecified atom stereocenters. The third kappa shape index (κ3) is 4.72. The first-order chi connectivity index (χ1) is 12.2. The van der Waals surface area contributed by atoms with E-state index in [9.17, 15) is 0 Å². The molecule has 0 atom stereocenters. The molecule has 2 aromatic heterocycles. The smallest absolute Gasteiger partial charge is 0.193 e. The van der Waals surface area contributed by atoms with Gasteiger partial charge in [-0.2, -0.15) is 5.10 Å². The second kappa shape index (κ2) is 8.33. The summed E-state index contributed by atoms with van der Waals surface area (Å²) in [5, 5.41) is 11.0. The Bertz CT molecular complexity index is 699. The second-order valence-electron chi connectivity index (χ2n) is 6.42. The molecule has 0 saturated carbocycles. The highest BCUT2D eigenvalue weighted by Crippen LogP contribution is 2.24. The first kappa shape index (κ1) is 17.7. The fourth-order valence-electron chi connectivity index (χ4n) is 3.05. The maximum Gasteiger partial charge on any atom is 0.193 e. The van der Waals surface area contributed by atoms with Crippen molar-refractivity contribution in [2.24, 2.45) is 12.0 Å². The predicted molar refractivity (Wildman–Crippen MR) is 103 cm³/mol. The summed E-state index contributed by atoms with van der Waals surface area (Å²) in [6.07, 6.45) is 7.40. The molecule has 1 aliphatic rings. The predicted octanol–water partition coefficient (Wildman–Crippen LogP) is 1.73. The van der Waals surface area contributed by atoms with Gasteiger partial charge in [-0.3, -0.25) is 9.67 Å². The lowest BCUT2D eigenvalue weighted by atomic mass is 10.3. The number of nitrogens with zero attached hydrogens (tertiary/aromatic N) is 6. The normalized spacial score (nSPS) is 15.0. The number of hydrogen-bond donors (Lipinski definition) is 1. The maximum atomic E-state index is 4.77. The largest absolute Gasteiger partial charge is 0.356 e. The van der Waals surface area contributed by atoms with Crippen LogP contribution in [0.1, 0.15) is 24.1 Å². The fourth-order valence-corrected chi connectivity index (χ4v) is 3.97. The van der Waals surface area contributed by atoms with Crippen LogP contribution in [0, 0.1) is 0 Å². The van der Waals surface area contributed by atoms with Crippen LogP contribution in [0.15, 0.2) is 22.8 Å². The molecule has 0 aliphatic carbocycles. The average Bonchev–Trinajstić information content (AvgIpc) is 3.33. The number of aliphatic imine (C=N–C) groups is 1. The molecule has 25 heavy (non-hydrogen) atoms. The van der Waals surface area contributed by atoms with E-state index in [4.69, 9.17) is 4.98 Å². The Hall–Kier alpha value is -2.09. The second-order valence-corrected chi connectivity index (χ2v) is 7.25. The Labute approximate surface area is 153 Å².